The van der Waals surface area contributed by atoms with Gasteiger partial charge in [0.05, 0.1) is 0 Å². The van der Waals surface area contributed by atoms with Crippen LogP contribution in [0.1, 0.15) is 18.4 Å². The van der Waals surface area contributed by atoms with Crippen LogP contribution in [0.5, 0.6) is 0 Å². The molecule has 2 heterocycles. The number of hydrogen-bond acceptors (Lipinski definition) is 3. The number of carbonyl (C=O) groups is 1. The van der Waals surface area contributed by atoms with Gasteiger partial charge in [0.1, 0.15) is 44.2 Å². The summed E-state index contributed by atoms with van der Waals surface area (Å²) in [4.78, 5) is 15.3. The molecule has 0 unspecified atom stereocenters. The highest BCUT2D eigenvalue weighted by Gasteiger charge is 2.31. The fraction of sp³-hybridized carbons (Fsp3) is 0.444. The minimum atomic E-state index is -0.0407. The van der Waals surface area contributed by atoms with Gasteiger partial charge < -0.3 is 19.6 Å². The smallest absolute Gasteiger partial charge is 0.282 e. The van der Waals surface area contributed by atoms with E-state index in [4.69, 9.17) is 4.52 Å². The largest absolute Gasteiger partial charge is 0.361 e. The summed E-state index contributed by atoms with van der Waals surface area (Å²) in [6.07, 6.45) is 0. The highest BCUT2D eigenvalue weighted by atomic mass is 16.5. The van der Waals surface area contributed by atoms with Gasteiger partial charge in [0, 0.05) is 11.8 Å². The Labute approximate surface area is 142 Å². The van der Waals surface area contributed by atoms with Crippen LogP contribution in [-0.4, -0.2) is 43.3 Å². The zero-order chi connectivity index (χ0) is 16.9. The number of carbonyl (C=O) groups excluding carboxylic acids is 1. The Kier molecular flexibility index (Phi) is 5.27. The molecule has 3 N–H and O–H groups in total. The van der Waals surface area contributed by atoms with Gasteiger partial charge in [-0.15, -0.1) is 0 Å². The van der Waals surface area contributed by atoms with Crippen LogP contribution in [-0.2, 0) is 11.3 Å². The van der Waals surface area contributed by atoms with Crippen LogP contribution >= 0.6 is 0 Å². The topological polar surface area (TPSA) is 64.0 Å². The molecule has 6 heteroatoms. The maximum absolute atomic E-state index is 12.4. The van der Waals surface area contributed by atoms with Crippen LogP contribution in [0.4, 0.5) is 5.69 Å². The average molecular weight is 330 g/mol. The molecule has 1 saturated heterocycles. The van der Waals surface area contributed by atoms with E-state index in [2.05, 4.69) is 10.5 Å². The number of aryl methyl sites for hydroxylation is 1. The van der Waals surface area contributed by atoms with Crippen LogP contribution in [0.15, 0.2) is 40.9 Å². The summed E-state index contributed by atoms with van der Waals surface area (Å²) in [5.41, 5.74) is 1.88. The lowest BCUT2D eigenvalue weighted by molar-refractivity contribution is -1.02. The van der Waals surface area contributed by atoms with Crippen molar-refractivity contribution < 1.29 is 19.1 Å². The number of amides is 1. The second-order valence-electron chi connectivity index (χ2n) is 6.59. The standard InChI is InChI=1S/C18H24N4O2/c1-14-12-17(20-24-14)13-21-8-10-22(11-9-21)15(2)18(23)19-16-6-4-3-5-7-16/h3-7,12,15H,8-11,13H2,1-2H3,(H,19,23)/p+2/t15-/m1/s1. The number of nitrogens with one attached hydrogen (secondary N) is 3. The van der Waals surface area contributed by atoms with E-state index < -0.39 is 0 Å². The molecule has 0 aliphatic carbocycles. The lowest BCUT2D eigenvalue weighted by Crippen LogP contribution is -3.29. The molecule has 0 bridgehead atoms. The first kappa shape index (κ1) is 16.7. The third-order valence-electron chi connectivity index (χ3n) is 4.75. The summed E-state index contributed by atoms with van der Waals surface area (Å²) < 4.78 is 5.13. The first-order chi connectivity index (χ1) is 11.6. The predicted octanol–water partition coefficient (Wildman–Crippen LogP) is -0.706. The number of nitrogens with zero attached hydrogens (tertiary/aromatic N) is 1. The van der Waals surface area contributed by atoms with Crippen LogP contribution < -0.4 is 15.1 Å². The third-order valence-corrected chi connectivity index (χ3v) is 4.75. The molecule has 1 aliphatic heterocycles. The summed E-state index contributed by atoms with van der Waals surface area (Å²) in [5.74, 6) is 0.951. The molecule has 0 saturated carbocycles. The van der Waals surface area contributed by atoms with Gasteiger partial charge in [-0.05, 0) is 26.0 Å². The number of anilines is 1. The highest BCUT2D eigenvalue weighted by molar-refractivity contribution is 5.93. The molecule has 1 atom stereocenters. The molecule has 1 aliphatic rings. The van der Waals surface area contributed by atoms with Crippen molar-refractivity contribution in [3.8, 4) is 0 Å². The molecular weight excluding hydrogens is 304 g/mol. The van der Waals surface area contributed by atoms with E-state index in [1.807, 2.05) is 50.2 Å². The molecule has 128 valence electrons. The molecule has 1 fully saturated rings. The highest BCUT2D eigenvalue weighted by Crippen LogP contribution is 2.04. The fourth-order valence-corrected chi connectivity index (χ4v) is 3.25. The molecule has 0 spiro atoms. The Morgan fingerprint density at radius 2 is 1.96 bits per heavy atom. The van der Waals surface area contributed by atoms with Gasteiger partial charge in [-0.3, -0.25) is 4.79 Å². The van der Waals surface area contributed by atoms with E-state index in [0.29, 0.717) is 0 Å². The summed E-state index contributed by atoms with van der Waals surface area (Å²) in [5, 5.41) is 7.08. The van der Waals surface area contributed by atoms with Gasteiger partial charge in [-0.1, -0.05) is 23.4 Å². The van der Waals surface area contributed by atoms with Gasteiger partial charge in [0.15, 0.2) is 6.04 Å². The van der Waals surface area contributed by atoms with Gasteiger partial charge in [0.25, 0.3) is 5.91 Å². The van der Waals surface area contributed by atoms with Crippen molar-refractivity contribution in [2.45, 2.75) is 26.4 Å². The van der Waals surface area contributed by atoms with Crippen LogP contribution in [0.3, 0.4) is 0 Å². The fourth-order valence-electron chi connectivity index (χ4n) is 3.25. The molecule has 1 aromatic carbocycles. The first-order valence-electron chi connectivity index (χ1n) is 8.58. The summed E-state index contributed by atoms with van der Waals surface area (Å²) in [6.45, 7) is 8.91. The Balaban J connectivity index is 1.47. The number of benzene rings is 1. The molecule has 24 heavy (non-hydrogen) atoms. The van der Waals surface area contributed by atoms with Crippen molar-refractivity contribution >= 4 is 11.6 Å². The molecule has 1 amide bonds. The second kappa shape index (κ2) is 7.59. The van der Waals surface area contributed by atoms with Crippen molar-refractivity contribution in [3.63, 3.8) is 0 Å². The monoisotopic (exact) mass is 330 g/mol. The molecule has 1 aromatic heterocycles. The van der Waals surface area contributed by atoms with E-state index in [-0.39, 0.29) is 11.9 Å². The zero-order valence-electron chi connectivity index (χ0n) is 14.3. The van der Waals surface area contributed by atoms with E-state index in [0.717, 1.165) is 49.9 Å². The Bertz CT molecular complexity index is 663. The van der Waals surface area contributed by atoms with Crippen molar-refractivity contribution in [2.75, 3.05) is 31.5 Å². The molecule has 3 rings (SSSR count). The SMILES string of the molecule is Cc1cc(C[NH+]2CC[NH+]([C@H](C)C(=O)Nc3ccccc3)CC2)no1. The van der Waals surface area contributed by atoms with Gasteiger partial charge >= 0.3 is 0 Å². The van der Waals surface area contributed by atoms with Gasteiger partial charge in [-0.2, -0.15) is 0 Å². The van der Waals surface area contributed by atoms with Crippen LogP contribution in [0.25, 0.3) is 0 Å². The van der Waals surface area contributed by atoms with E-state index in [9.17, 15) is 4.79 Å². The minimum absolute atomic E-state index is 0.0407. The zero-order valence-corrected chi connectivity index (χ0v) is 14.3. The van der Waals surface area contributed by atoms with E-state index >= 15 is 0 Å². The normalized spacial score (nSPS) is 22.1. The molecule has 0 radical (unpaired) electrons. The van der Waals surface area contributed by atoms with Crippen LogP contribution in [0.2, 0.25) is 0 Å². The lowest BCUT2D eigenvalue weighted by Gasteiger charge is -2.32. The Morgan fingerprint density at radius 1 is 1.25 bits per heavy atom. The van der Waals surface area contributed by atoms with Crippen molar-refractivity contribution in [2.24, 2.45) is 0 Å². The number of quaternary nitrogens is 2. The minimum Gasteiger partial charge on any atom is -0.361 e. The lowest BCUT2D eigenvalue weighted by atomic mass is 10.2. The predicted molar refractivity (Wildman–Crippen MR) is 90.9 cm³/mol. The molecule has 6 nitrogen and oxygen atoms in total. The quantitative estimate of drug-likeness (QED) is 0.679. The van der Waals surface area contributed by atoms with Crippen molar-refractivity contribution in [1.82, 2.24) is 5.16 Å². The van der Waals surface area contributed by atoms with E-state index in [1.165, 1.54) is 9.80 Å². The summed E-state index contributed by atoms with van der Waals surface area (Å²) in [7, 11) is 0. The number of piperazine rings is 1. The maximum atomic E-state index is 12.4. The second-order valence-corrected chi connectivity index (χ2v) is 6.59. The third kappa shape index (κ3) is 4.21. The van der Waals surface area contributed by atoms with Gasteiger partial charge in [0.2, 0.25) is 0 Å². The summed E-state index contributed by atoms with van der Waals surface area (Å²) >= 11 is 0. The van der Waals surface area contributed by atoms with E-state index in [1.54, 1.807) is 0 Å². The van der Waals surface area contributed by atoms with Gasteiger partial charge in [-0.25, -0.2) is 0 Å². The average Bonchev–Trinajstić information content (AvgIpc) is 3.00. The maximum Gasteiger partial charge on any atom is 0.282 e. The number of para-hydroxylation sites is 1. The van der Waals surface area contributed by atoms with Crippen molar-refractivity contribution in [1.29, 1.82) is 0 Å². The van der Waals surface area contributed by atoms with Crippen LogP contribution in [0, 0.1) is 6.92 Å². The van der Waals surface area contributed by atoms with Crippen molar-refractivity contribution in [3.05, 3.63) is 47.9 Å². The Hall–Kier alpha value is -2.18. The molecule has 2 aromatic rings. The first-order valence-corrected chi connectivity index (χ1v) is 8.58. The Morgan fingerprint density at radius 3 is 2.58 bits per heavy atom. The number of rotatable bonds is 5. The summed E-state index contributed by atoms with van der Waals surface area (Å²) in [6, 6.07) is 11.6. The molecular formula is C18H26N4O2+2. The number of hydrogen-bond donors (Lipinski definition) is 3. The number of aromatic nitrogens is 1.